The highest BCUT2D eigenvalue weighted by Crippen LogP contribution is 2.33. The van der Waals surface area contributed by atoms with Gasteiger partial charge in [0.25, 0.3) is 0 Å². The number of aliphatic hydroxyl groups excluding tert-OH is 2. The van der Waals surface area contributed by atoms with Crippen molar-refractivity contribution < 1.29 is 24.5 Å². The molecule has 0 spiro atoms. The van der Waals surface area contributed by atoms with Crippen LogP contribution in [0, 0.1) is 0 Å². The van der Waals surface area contributed by atoms with Crippen LogP contribution in [0.1, 0.15) is 42.3 Å². The van der Waals surface area contributed by atoms with Gasteiger partial charge in [0.05, 0.1) is 11.9 Å². The number of nitrogens with zero attached hydrogens (tertiary/aromatic N) is 4. The Balaban J connectivity index is 1.31. The molecule has 4 atom stereocenters. The molecule has 2 aromatic heterocycles. The summed E-state index contributed by atoms with van der Waals surface area (Å²) >= 11 is 0. The van der Waals surface area contributed by atoms with Gasteiger partial charge in [0, 0.05) is 6.04 Å². The number of ether oxygens (including phenoxy) is 2. The Morgan fingerprint density at radius 2 is 1.91 bits per heavy atom. The van der Waals surface area contributed by atoms with Crippen molar-refractivity contribution >= 4 is 23.0 Å². The molecule has 2 aliphatic rings. The van der Waals surface area contributed by atoms with Gasteiger partial charge in [-0.1, -0.05) is 31.0 Å². The number of rotatable bonds is 6. The van der Waals surface area contributed by atoms with Crippen LogP contribution in [0.5, 0.6) is 0 Å². The van der Waals surface area contributed by atoms with Crippen LogP contribution in [0.25, 0.3) is 11.2 Å². The third-order valence-corrected chi connectivity index (χ3v) is 6.05. The van der Waals surface area contributed by atoms with Crippen molar-refractivity contribution in [2.45, 2.75) is 56.3 Å². The van der Waals surface area contributed by atoms with Crippen molar-refractivity contribution in [3.63, 3.8) is 0 Å². The molecule has 5 rings (SSSR count). The van der Waals surface area contributed by atoms with Crippen LogP contribution >= 0.6 is 0 Å². The van der Waals surface area contributed by atoms with Gasteiger partial charge in [-0.2, -0.15) is 0 Å². The molecule has 0 bridgehead atoms. The Kier molecular flexibility index (Phi) is 5.73. The number of carbonyl (C=O) groups excluding carboxylic acids is 1. The first-order valence-electron chi connectivity index (χ1n) is 10.8. The normalized spacial score (nSPS) is 25.9. The first-order chi connectivity index (χ1) is 15.6. The number of benzene rings is 1. The molecule has 2 fully saturated rings. The molecule has 168 valence electrons. The summed E-state index contributed by atoms with van der Waals surface area (Å²) in [6, 6.07) is 8.91. The molecule has 1 saturated heterocycles. The molecule has 1 aliphatic carbocycles. The zero-order valence-electron chi connectivity index (χ0n) is 17.4. The summed E-state index contributed by atoms with van der Waals surface area (Å²) in [6.45, 7) is -0.196. The molecule has 32 heavy (non-hydrogen) atoms. The van der Waals surface area contributed by atoms with Crippen LogP contribution in [-0.2, 0) is 9.47 Å². The standard InChI is InChI=1S/C22H25N5O5/c28-17-15(10-31-22(30)13-6-2-1-3-7-13)32-21(18(17)29)27-12-25-16-19(23-11-24-20(16)27)26-14-8-4-5-9-14/h1-3,6-7,11-12,14-15,17-18,21,28-29H,4-5,8-10H2,(H,23,24,26)/t15?,17-,18-,21?/m1/s1. The third kappa shape index (κ3) is 3.92. The number of anilines is 1. The highest BCUT2D eigenvalue weighted by molar-refractivity contribution is 5.89. The summed E-state index contributed by atoms with van der Waals surface area (Å²) in [5.41, 5.74) is 1.46. The van der Waals surface area contributed by atoms with Gasteiger partial charge < -0.3 is 25.0 Å². The number of aromatic nitrogens is 4. The van der Waals surface area contributed by atoms with E-state index >= 15 is 0 Å². The summed E-state index contributed by atoms with van der Waals surface area (Å²) in [5.74, 6) is 0.116. The van der Waals surface area contributed by atoms with Crippen LogP contribution in [0.15, 0.2) is 43.0 Å². The van der Waals surface area contributed by atoms with Crippen LogP contribution in [0.2, 0.25) is 0 Å². The predicted octanol–water partition coefficient (Wildman–Crippen LogP) is 1.66. The summed E-state index contributed by atoms with van der Waals surface area (Å²) in [4.78, 5) is 25.3. The lowest BCUT2D eigenvalue weighted by atomic mass is 10.1. The van der Waals surface area contributed by atoms with Crippen molar-refractivity contribution in [2.75, 3.05) is 11.9 Å². The Labute approximate surface area is 184 Å². The fourth-order valence-corrected chi connectivity index (χ4v) is 4.32. The first-order valence-corrected chi connectivity index (χ1v) is 10.8. The molecule has 1 saturated carbocycles. The van der Waals surface area contributed by atoms with E-state index in [1.54, 1.807) is 34.9 Å². The summed E-state index contributed by atoms with van der Waals surface area (Å²) in [5, 5.41) is 24.5. The number of carbonyl (C=O) groups is 1. The number of hydrogen-bond donors (Lipinski definition) is 3. The maximum atomic E-state index is 12.2. The topological polar surface area (TPSA) is 132 Å². The molecule has 0 radical (unpaired) electrons. The fraction of sp³-hybridized carbons (Fsp3) is 0.455. The Hall–Kier alpha value is -3.08. The third-order valence-electron chi connectivity index (χ3n) is 6.05. The minimum absolute atomic E-state index is 0.196. The Bertz CT molecular complexity index is 1080. The monoisotopic (exact) mass is 439 g/mol. The lowest BCUT2D eigenvalue weighted by Crippen LogP contribution is -2.34. The van der Waals surface area contributed by atoms with Gasteiger partial charge in [0.2, 0.25) is 0 Å². The van der Waals surface area contributed by atoms with E-state index in [9.17, 15) is 15.0 Å². The number of aliphatic hydroxyl groups is 2. The fourth-order valence-electron chi connectivity index (χ4n) is 4.32. The lowest BCUT2D eigenvalue weighted by molar-refractivity contribution is -0.0565. The molecule has 1 aliphatic heterocycles. The second-order valence-corrected chi connectivity index (χ2v) is 8.18. The van der Waals surface area contributed by atoms with Crippen molar-refractivity contribution in [2.24, 2.45) is 0 Å². The number of nitrogens with one attached hydrogen (secondary N) is 1. The van der Waals surface area contributed by atoms with Crippen molar-refractivity contribution in [1.82, 2.24) is 19.5 Å². The molecule has 2 unspecified atom stereocenters. The van der Waals surface area contributed by atoms with Crippen molar-refractivity contribution in [3.05, 3.63) is 48.5 Å². The van der Waals surface area contributed by atoms with E-state index in [-0.39, 0.29) is 6.61 Å². The maximum absolute atomic E-state index is 12.2. The van der Waals surface area contributed by atoms with Gasteiger partial charge >= 0.3 is 5.97 Å². The van der Waals surface area contributed by atoms with E-state index in [1.807, 2.05) is 0 Å². The minimum atomic E-state index is -1.24. The zero-order valence-corrected chi connectivity index (χ0v) is 17.4. The highest BCUT2D eigenvalue weighted by Gasteiger charge is 2.45. The number of imidazole rings is 1. The summed E-state index contributed by atoms with van der Waals surface area (Å²) in [7, 11) is 0. The molecule has 3 heterocycles. The van der Waals surface area contributed by atoms with Gasteiger partial charge in [0.1, 0.15) is 31.2 Å². The predicted molar refractivity (Wildman–Crippen MR) is 114 cm³/mol. The largest absolute Gasteiger partial charge is 0.459 e. The van der Waals surface area contributed by atoms with Crippen LogP contribution in [0.4, 0.5) is 5.82 Å². The number of fused-ring (bicyclic) bond motifs is 1. The average Bonchev–Trinajstić information content (AvgIpc) is 3.54. The molecule has 1 aromatic carbocycles. The van der Waals surface area contributed by atoms with E-state index in [1.165, 1.54) is 25.5 Å². The molecular formula is C22H25N5O5. The van der Waals surface area contributed by atoms with Gasteiger partial charge in [0.15, 0.2) is 23.2 Å². The van der Waals surface area contributed by atoms with Crippen molar-refractivity contribution in [1.29, 1.82) is 0 Å². The summed E-state index contributed by atoms with van der Waals surface area (Å²) < 4.78 is 12.7. The number of hydrogen-bond acceptors (Lipinski definition) is 9. The number of esters is 1. The molecule has 3 N–H and O–H groups in total. The smallest absolute Gasteiger partial charge is 0.338 e. The van der Waals surface area contributed by atoms with Gasteiger partial charge in [-0.25, -0.2) is 19.7 Å². The second kappa shape index (κ2) is 8.81. The lowest BCUT2D eigenvalue weighted by Gasteiger charge is -2.17. The van der Waals surface area contributed by atoms with Gasteiger partial charge in [-0.15, -0.1) is 0 Å². The Morgan fingerprint density at radius 1 is 1.12 bits per heavy atom. The molecule has 0 amide bonds. The van der Waals surface area contributed by atoms with Crippen LogP contribution in [0.3, 0.4) is 0 Å². The molecular weight excluding hydrogens is 414 g/mol. The van der Waals surface area contributed by atoms with Crippen molar-refractivity contribution in [3.8, 4) is 0 Å². The molecule has 10 heteroatoms. The quantitative estimate of drug-likeness (QED) is 0.491. The second-order valence-electron chi connectivity index (χ2n) is 8.18. The summed E-state index contributed by atoms with van der Waals surface area (Å²) in [6.07, 6.45) is 3.22. The van der Waals surface area contributed by atoms with E-state index in [2.05, 4.69) is 20.3 Å². The van der Waals surface area contributed by atoms with E-state index < -0.39 is 30.5 Å². The average molecular weight is 439 g/mol. The zero-order chi connectivity index (χ0) is 22.1. The van der Waals surface area contributed by atoms with Crippen LogP contribution in [-0.4, -0.2) is 66.7 Å². The molecule has 3 aromatic rings. The van der Waals surface area contributed by atoms with E-state index in [0.717, 1.165) is 12.8 Å². The van der Waals surface area contributed by atoms with E-state index in [4.69, 9.17) is 9.47 Å². The highest BCUT2D eigenvalue weighted by atomic mass is 16.6. The van der Waals surface area contributed by atoms with E-state index in [0.29, 0.717) is 28.6 Å². The Morgan fingerprint density at radius 3 is 2.69 bits per heavy atom. The van der Waals surface area contributed by atoms with Crippen LogP contribution < -0.4 is 5.32 Å². The van der Waals surface area contributed by atoms with Gasteiger partial charge in [-0.05, 0) is 25.0 Å². The minimum Gasteiger partial charge on any atom is -0.459 e. The van der Waals surface area contributed by atoms with Gasteiger partial charge in [-0.3, -0.25) is 4.57 Å². The SMILES string of the molecule is O=C(OCC1OC(n2cnc3c(NC4CCCC4)ncnc32)[C@H](O)[C@@H]1O)c1ccccc1. The first kappa shape index (κ1) is 20.8. The maximum Gasteiger partial charge on any atom is 0.338 e. The molecule has 10 nitrogen and oxygen atoms in total.